The highest BCUT2D eigenvalue weighted by atomic mass is 32.2. The van der Waals surface area contributed by atoms with E-state index in [2.05, 4.69) is 4.72 Å². The number of hydrogen-bond donors (Lipinski definition) is 1. The van der Waals surface area contributed by atoms with Crippen molar-refractivity contribution in [1.82, 2.24) is 9.62 Å². The summed E-state index contributed by atoms with van der Waals surface area (Å²) < 4.78 is 63.9. The molecule has 1 aliphatic rings. The molecule has 134 valence electrons. The maximum absolute atomic E-state index is 13.1. The van der Waals surface area contributed by atoms with Gasteiger partial charge in [0.15, 0.2) is 0 Å². The lowest BCUT2D eigenvalue weighted by Gasteiger charge is -2.33. The number of alkyl halides is 3. The summed E-state index contributed by atoms with van der Waals surface area (Å²) in [6.07, 6.45) is -2.22. The van der Waals surface area contributed by atoms with Crippen LogP contribution in [0.25, 0.3) is 0 Å². The predicted octanol–water partition coefficient (Wildman–Crippen LogP) is 2.11. The molecule has 1 amide bonds. The van der Waals surface area contributed by atoms with Crippen LogP contribution in [0.15, 0.2) is 24.3 Å². The summed E-state index contributed by atoms with van der Waals surface area (Å²) in [4.78, 5) is 13.9. The second-order valence-electron chi connectivity index (χ2n) is 5.92. The molecule has 0 bridgehead atoms. The minimum Gasteiger partial charge on any atom is -0.338 e. The number of piperidine rings is 1. The van der Waals surface area contributed by atoms with Crippen LogP contribution in [0.3, 0.4) is 0 Å². The Balaban J connectivity index is 2.13. The summed E-state index contributed by atoms with van der Waals surface area (Å²) in [5.41, 5.74) is -1.33. The van der Waals surface area contributed by atoms with Crippen molar-refractivity contribution in [3.8, 4) is 0 Å². The normalized spacial score (nSPS) is 19.3. The molecule has 1 saturated heterocycles. The minimum atomic E-state index is -4.60. The molecule has 1 unspecified atom stereocenters. The molecule has 1 aromatic carbocycles. The van der Waals surface area contributed by atoms with E-state index in [9.17, 15) is 26.4 Å². The standard InChI is InChI=1S/C15H19F3N2O3S/c1-24(22,23)19-9-11-5-4-8-20(10-11)14(21)12-6-2-3-7-13(12)15(16,17)18/h2-3,6-7,11,19H,4-5,8-10H2,1H3. The molecular weight excluding hydrogens is 345 g/mol. The van der Waals surface area contributed by atoms with Crippen LogP contribution in [-0.2, 0) is 16.2 Å². The van der Waals surface area contributed by atoms with Gasteiger partial charge in [0.2, 0.25) is 10.0 Å². The lowest BCUT2D eigenvalue weighted by atomic mass is 9.97. The van der Waals surface area contributed by atoms with E-state index in [4.69, 9.17) is 0 Å². The van der Waals surface area contributed by atoms with Crippen LogP contribution >= 0.6 is 0 Å². The van der Waals surface area contributed by atoms with Gasteiger partial charge in [-0.1, -0.05) is 12.1 Å². The highest BCUT2D eigenvalue weighted by Crippen LogP contribution is 2.32. The molecule has 1 N–H and O–H groups in total. The number of sulfonamides is 1. The molecule has 0 spiro atoms. The molecule has 0 aliphatic carbocycles. The van der Waals surface area contributed by atoms with Crippen molar-refractivity contribution in [3.05, 3.63) is 35.4 Å². The number of rotatable bonds is 4. The summed E-state index contributed by atoms with van der Waals surface area (Å²) in [6, 6.07) is 4.70. The molecule has 9 heteroatoms. The first-order valence-corrected chi connectivity index (χ1v) is 9.37. The van der Waals surface area contributed by atoms with E-state index < -0.39 is 27.7 Å². The van der Waals surface area contributed by atoms with Crippen molar-refractivity contribution >= 4 is 15.9 Å². The third-order valence-corrected chi connectivity index (χ3v) is 4.59. The first kappa shape index (κ1) is 18.7. The van der Waals surface area contributed by atoms with Gasteiger partial charge in [-0.3, -0.25) is 4.79 Å². The Morgan fingerprint density at radius 1 is 1.33 bits per heavy atom. The van der Waals surface area contributed by atoms with Gasteiger partial charge in [-0.05, 0) is 30.9 Å². The Hall–Kier alpha value is -1.61. The number of carbonyl (C=O) groups is 1. The van der Waals surface area contributed by atoms with Gasteiger partial charge >= 0.3 is 6.18 Å². The van der Waals surface area contributed by atoms with Crippen LogP contribution in [-0.4, -0.2) is 45.1 Å². The number of nitrogens with zero attached hydrogens (tertiary/aromatic N) is 1. The van der Waals surface area contributed by atoms with Gasteiger partial charge in [-0.25, -0.2) is 13.1 Å². The van der Waals surface area contributed by atoms with Gasteiger partial charge in [-0.2, -0.15) is 13.2 Å². The van der Waals surface area contributed by atoms with Gasteiger partial charge in [0.1, 0.15) is 0 Å². The van der Waals surface area contributed by atoms with E-state index >= 15 is 0 Å². The molecule has 1 heterocycles. The number of likely N-dealkylation sites (tertiary alicyclic amines) is 1. The zero-order valence-electron chi connectivity index (χ0n) is 13.1. The molecule has 0 aromatic heterocycles. The first-order chi connectivity index (χ1) is 11.1. The zero-order chi connectivity index (χ0) is 18.0. The Labute approximate surface area is 138 Å². The van der Waals surface area contributed by atoms with Gasteiger partial charge in [-0.15, -0.1) is 0 Å². The summed E-state index contributed by atoms with van der Waals surface area (Å²) in [6.45, 7) is 0.761. The summed E-state index contributed by atoms with van der Waals surface area (Å²) in [5.74, 6) is -0.789. The van der Waals surface area contributed by atoms with E-state index in [0.29, 0.717) is 19.4 Å². The summed E-state index contributed by atoms with van der Waals surface area (Å²) in [5, 5.41) is 0. The molecule has 24 heavy (non-hydrogen) atoms. The highest BCUT2D eigenvalue weighted by Gasteiger charge is 2.36. The molecule has 2 rings (SSSR count). The van der Waals surface area contributed by atoms with E-state index in [1.165, 1.54) is 23.1 Å². The Kier molecular flexibility index (Phi) is 5.54. The van der Waals surface area contributed by atoms with E-state index in [-0.39, 0.29) is 24.6 Å². The van der Waals surface area contributed by atoms with Gasteiger partial charge in [0.05, 0.1) is 17.4 Å². The lowest BCUT2D eigenvalue weighted by Crippen LogP contribution is -2.44. The number of hydrogen-bond acceptors (Lipinski definition) is 3. The summed E-state index contributed by atoms with van der Waals surface area (Å²) >= 11 is 0. The average Bonchev–Trinajstić information content (AvgIpc) is 2.51. The predicted molar refractivity (Wildman–Crippen MR) is 82.9 cm³/mol. The fourth-order valence-electron chi connectivity index (χ4n) is 2.77. The van der Waals surface area contributed by atoms with Crippen LogP contribution < -0.4 is 4.72 Å². The van der Waals surface area contributed by atoms with Gasteiger partial charge in [0, 0.05) is 19.6 Å². The molecule has 1 aliphatic heterocycles. The fraction of sp³-hybridized carbons (Fsp3) is 0.533. The van der Waals surface area contributed by atoms with E-state index in [0.717, 1.165) is 12.3 Å². The largest absolute Gasteiger partial charge is 0.417 e. The topological polar surface area (TPSA) is 66.5 Å². The molecule has 0 radical (unpaired) electrons. The van der Waals surface area contributed by atoms with E-state index in [1.54, 1.807) is 0 Å². The number of carbonyl (C=O) groups excluding carboxylic acids is 1. The number of nitrogens with one attached hydrogen (secondary N) is 1. The molecule has 1 fully saturated rings. The quantitative estimate of drug-likeness (QED) is 0.890. The zero-order valence-corrected chi connectivity index (χ0v) is 14.0. The van der Waals surface area contributed by atoms with Crippen molar-refractivity contribution < 1.29 is 26.4 Å². The molecule has 0 saturated carbocycles. The average molecular weight is 364 g/mol. The van der Waals surface area contributed by atoms with Crippen LogP contribution in [0, 0.1) is 5.92 Å². The van der Waals surface area contributed by atoms with E-state index in [1.807, 2.05) is 0 Å². The highest BCUT2D eigenvalue weighted by molar-refractivity contribution is 7.88. The van der Waals surface area contributed by atoms with Crippen molar-refractivity contribution in [1.29, 1.82) is 0 Å². The maximum atomic E-state index is 13.1. The molecule has 5 nitrogen and oxygen atoms in total. The Morgan fingerprint density at radius 3 is 2.62 bits per heavy atom. The minimum absolute atomic E-state index is 0.115. The second-order valence-corrected chi connectivity index (χ2v) is 7.76. The SMILES string of the molecule is CS(=O)(=O)NCC1CCCN(C(=O)c2ccccc2C(F)(F)F)C1. The molecule has 1 atom stereocenters. The number of amides is 1. The lowest BCUT2D eigenvalue weighted by molar-refractivity contribution is -0.138. The van der Waals surface area contributed by atoms with Crippen LogP contribution in [0.5, 0.6) is 0 Å². The van der Waals surface area contributed by atoms with Crippen molar-refractivity contribution in [2.24, 2.45) is 5.92 Å². The first-order valence-electron chi connectivity index (χ1n) is 7.48. The maximum Gasteiger partial charge on any atom is 0.417 e. The van der Waals surface area contributed by atoms with Crippen molar-refractivity contribution in [2.75, 3.05) is 25.9 Å². The van der Waals surface area contributed by atoms with Gasteiger partial charge < -0.3 is 4.90 Å². The molecular formula is C15H19F3N2O3S. The van der Waals surface area contributed by atoms with Crippen LogP contribution in [0.4, 0.5) is 13.2 Å². The van der Waals surface area contributed by atoms with Gasteiger partial charge in [0.25, 0.3) is 5.91 Å². The molecule has 1 aromatic rings. The van der Waals surface area contributed by atoms with Crippen molar-refractivity contribution in [2.45, 2.75) is 19.0 Å². The second kappa shape index (κ2) is 7.10. The smallest absolute Gasteiger partial charge is 0.338 e. The Bertz CT molecular complexity index is 704. The number of benzene rings is 1. The number of halogens is 3. The third kappa shape index (κ3) is 4.94. The van der Waals surface area contributed by atoms with Crippen LogP contribution in [0.2, 0.25) is 0 Å². The third-order valence-electron chi connectivity index (χ3n) is 3.90. The fourth-order valence-corrected chi connectivity index (χ4v) is 3.31. The monoisotopic (exact) mass is 364 g/mol. The Morgan fingerprint density at radius 2 is 2.00 bits per heavy atom. The van der Waals surface area contributed by atoms with Crippen molar-refractivity contribution in [3.63, 3.8) is 0 Å². The van der Waals surface area contributed by atoms with Crippen LogP contribution in [0.1, 0.15) is 28.8 Å². The summed E-state index contributed by atoms with van der Waals surface area (Å²) in [7, 11) is -3.34.